The van der Waals surface area contributed by atoms with E-state index in [1.807, 2.05) is 6.08 Å². The quantitative estimate of drug-likeness (QED) is 0.348. The van der Waals surface area contributed by atoms with Crippen LogP contribution in [-0.2, 0) is 9.59 Å². The van der Waals surface area contributed by atoms with Gasteiger partial charge >= 0.3 is 5.97 Å². The predicted molar refractivity (Wildman–Crippen MR) is 97.2 cm³/mol. The third-order valence-electron chi connectivity index (χ3n) is 5.05. The molecule has 2 unspecified atom stereocenters. The Hall–Kier alpha value is -1.20. The highest BCUT2D eigenvalue weighted by Gasteiger charge is 2.39. The molecule has 0 saturated heterocycles. The molecule has 1 aliphatic carbocycles. The maximum Gasteiger partial charge on any atom is 0.303 e. The molecule has 25 heavy (non-hydrogen) atoms. The summed E-state index contributed by atoms with van der Waals surface area (Å²) in [6.45, 7) is 2.12. The number of unbranched alkanes of at least 4 members (excludes halogenated alkanes) is 5. The lowest BCUT2D eigenvalue weighted by Gasteiger charge is -2.18. The van der Waals surface area contributed by atoms with Crippen molar-refractivity contribution in [3.05, 3.63) is 12.2 Å². The maximum atomic E-state index is 12.1. The van der Waals surface area contributed by atoms with Crippen molar-refractivity contribution in [2.75, 3.05) is 0 Å². The van der Waals surface area contributed by atoms with E-state index in [4.69, 9.17) is 5.11 Å². The molecule has 5 nitrogen and oxygen atoms in total. The zero-order valence-electron chi connectivity index (χ0n) is 15.4. The van der Waals surface area contributed by atoms with Gasteiger partial charge in [-0.05, 0) is 19.3 Å². The minimum Gasteiger partial charge on any atom is -0.481 e. The fourth-order valence-electron chi connectivity index (χ4n) is 3.54. The fraction of sp³-hybridized carbons (Fsp3) is 0.800. The number of carboxylic acid groups (broad SMARTS) is 1. The highest BCUT2D eigenvalue weighted by atomic mass is 16.4. The van der Waals surface area contributed by atoms with Crippen LogP contribution in [0.15, 0.2) is 12.2 Å². The fourth-order valence-corrected chi connectivity index (χ4v) is 3.54. The first-order valence-corrected chi connectivity index (χ1v) is 9.74. The molecule has 1 aliphatic rings. The van der Waals surface area contributed by atoms with Gasteiger partial charge in [-0.1, -0.05) is 57.6 Å². The van der Waals surface area contributed by atoms with Gasteiger partial charge in [-0.3, -0.25) is 9.59 Å². The Bertz CT molecular complexity index is 432. The van der Waals surface area contributed by atoms with Crippen LogP contribution < -0.4 is 0 Å². The SMILES string of the molecule is CCCCC[C@H](O)/C=C/C1C(CCCCCCC(=O)O)C(=O)C[C@H]1O. The van der Waals surface area contributed by atoms with E-state index in [0.717, 1.165) is 51.4 Å². The molecule has 0 aromatic rings. The zero-order chi connectivity index (χ0) is 18.7. The van der Waals surface area contributed by atoms with Crippen molar-refractivity contribution < 1.29 is 24.9 Å². The third kappa shape index (κ3) is 8.63. The summed E-state index contributed by atoms with van der Waals surface area (Å²) in [5, 5.41) is 28.7. The number of ketones is 1. The molecule has 1 rings (SSSR count). The van der Waals surface area contributed by atoms with Crippen molar-refractivity contribution >= 4 is 11.8 Å². The largest absolute Gasteiger partial charge is 0.481 e. The summed E-state index contributed by atoms with van der Waals surface area (Å²) in [6, 6.07) is 0. The normalized spacial score (nSPS) is 24.9. The molecule has 0 aliphatic heterocycles. The van der Waals surface area contributed by atoms with Gasteiger partial charge in [0.2, 0.25) is 0 Å². The first-order valence-electron chi connectivity index (χ1n) is 9.74. The van der Waals surface area contributed by atoms with E-state index in [1.165, 1.54) is 0 Å². The second-order valence-corrected chi connectivity index (χ2v) is 7.22. The average Bonchev–Trinajstić information content (AvgIpc) is 2.82. The van der Waals surface area contributed by atoms with E-state index in [0.29, 0.717) is 6.42 Å². The lowest BCUT2D eigenvalue weighted by Crippen LogP contribution is -2.19. The smallest absolute Gasteiger partial charge is 0.303 e. The summed E-state index contributed by atoms with van der Waals surface area (Å²) in [5.74, 6) is -1.04. The van der Waals surface area contributed by atoms with E-state index in [-0.39, 0.29) is 30.5 Å². The van der Waals surface area contributed by atoms with E-state index in [2.05, 4.69) is 6.92 Å². The topological polar surface area (TPSA) is 94.8 Å². The number of carbonyl (C=O) groups excluding carboxylic acids is 1. The van der Waals surface area contributed by atoms with Crippen molar-refractivity contribution in [2.45, 2.75) is 89.8 Å². The van der Waals surface area contributed by atoms with Gasteiger partial charge in [0.25, 0.3) is 0 Å². The van der Waals surface area contributed by atoms with E-state index >= 15 is 0 Å². The molecule has 3 N–H and O–H groups in total. The molecule has 4 atom stereocenters. The second kappa shape index (κ2) is 12.2. The Morgan fingerprint density at radius 1 is 1.20 bits per heavy atom. The Morgan fingerprint density at radius 3 is 2.60 bits per heavy atom. The first kappa shape index (κ1) is 21.8. The number of hydrogen-bond acceptors (Lipinski definition) is 4. The van der Waals surface area contributed by atoms with Crippen molar-refractivity contribution in [3.63, 3.8) is 0 Å². The number of aliphatic hydroxyl groups excluding tert-OH is 2. The lowest BCUT2D eigenvalue weighted by molar-refractivity contribution is -0.137. The first-order chi connectivity index (χ1) is 12.0. The van der Waals surface area contributed by atoms with Crippen LogP contribution in [0.2, 0.25) is 0 Å². The summed E-state index contributed by atoms with van der Waals surface area (Å²) in [7, 11) is 0. The van der Waals surface area contributed by atoms with Gasteiger partial charge in [-0.2, -0.15) is 0 Å². The van der Waals surface area contributed by atoms with Crippen LogP contribution in [-0.4, -0.2) is 39.3 Å². The van der Waals surface area contributed by atoms with Crippen LogP contribution in [0.3, 0.4) is 0 Å². The molecule has 0 aromatic carbocycles. The summed E-state index contributed by atoms with van der Waals surface area (Å²) in [6.07, 6.45) is 10.7. The van der Waals surface area contributed by atoms with Gasteiger partial charge < -0.3 is 15.3 Å². The molecule has 0 amide bonds. The summed E-state index contributed by atoms with van der Waals surface area (Å²) in [5.41, 5.74) is 0. The van der Waals surface area contributed by atoms with Crippen molar-refractivity contribution in [2.24, 2.45) is 11.8 Å². The van der Waals surface area contributed by atoms with E-state index < -0.39 is 18.2 Å². The number of Topliss-reactive ketones (excluding diaryl/α,β-unsaturated/α-hetero) is 1. The number of aliphatic carboxylic acids is 1. The van der Waals surface area contributed by atoms with Gasteiger partial charge in [0.05, 0.1) is 12.2 Å². The van der Waals surface area contributed by atoms with E-state index in [1.54, 1.807) is 6.08 Å². The zero-order valence-corrected chi connectivity index (χ0v) is 15.4. The second-order valence-electron chi connectivity index (χ2n) is 7.22. The molecule has 1 fully saturated rings. The molecular weight excluding hydrogens is 320 g/mol. The van der Waals surface area contributed by atoms with Crippen LogP contribution >= 0.6 is 0 Å². The van der Waals surface area contributed by atoms with Gasteiger partial charge in [0.15, 0.2) is 0 Å². The van der Waals surface area contributed by atoms with Crippen LogP contribution in [0, 0.1) is 11.8 Å². The van der Waals surface area contributed by atoms with E-state index in [9.17, 15) is 19.8 Å². The Balaban J connectivity index is 2.39. The minimum atomic E-state index is -0.767. The van der Waals surface area contributed by atoms with Crippen LogP contribution in [0.1, 0.15) is 77.6 Å². The third-order valence-corrected chi connectivity index (χ3v) is 5.05. The molecule has 0 spiro atoms. The summed E-state index contributed by atoms with van der Waals surface area (Å²) >= 11 is 0. The summed E-state index contributed by atoms with van der Waals surface area (Å²) < 4.78 is 0. The number of aliphatic hydroxyl groups is 2. The molecule has 5 heteroatoms. The van der Waals surface area contributed by atoms with Gasteiger partial charge in [-0.15, -0.1) is 0 Å². The summed E-state index contributed by atoms with van der Waals surface area (Å²) in [4.78, 5) is 22.6. The number of carboxylic acids is 1. The Morgan fingerprint density at radius 2 is 1.92 bits per heavy atom. The van der Waals surface area contributed by atoms with Crippen molar-refractivity contribution in [3.8, 4) is 0 Å². The Kier molecular flexibility index (Phi) is 10.7. The molecule has 0 heterocycles. The molecular formula is C20H34O5. The monoisotopic (exact) mass is 354 g/mol. The highest BCUT2D eigenvalue weighted by Crippen LogP contribution is 2.34. The van der Waals surface area contributed by atoms with Crippen LogP contribution in [0.25, 0.3) is 0 Å². The highest BCUT2D eigenvalue weighted by molar-refractivity contribution is 5.84. The van der Waals surface area contributed by atoms with Gasteiger partial charge in [0, 0.05) is 24.7 Å². The Labute approximate surface area is 151 Å². The number of rotatable bonds is 13. The lowest BCUT2D eigenvalue weighted by atomic mass is 9.88. The molecule has 0 radical (unpaired) electrons. The average molecular weight is 354 g/mol. The maximum absolute atomic E-state index is 12.1. The van der Waals surface area contributed by atoms with Crippen LogP contribution in [0.5, 0.6) is 0 Å². The minimum absolute atomic E-state index is 0.105. The molecule has 1 saturated carbocycles. The van der Waals surface area contributed by atoms with Crippen molar-refractivity contribution in [1.29, 1.82) is 0 Å². The molecule has 144 valence electrons. The number of hydrogen-bond donors (Lipinski definition) is 3. The number of carbonyl (C=O) groups is 2. The van der Waals surface area contributed by atoms with Crippen molar-refractivity contribution in [1.82, 2.24) is 0 Å². The molecule has 0 aromatic heterocycles. The standard InChI is InChI=1S/C20H34O5/c1-2-3-6-9-15(21)12-13-17-16(18(22)14-19(17)23)10-7-4-5-8-11-20(24)25/h12-13,15-17,19,21,23H,2-11,14H2,1H3,(H,24,25)/b13-12+/t15-,16?,17?,19+/m0/s1. The predicted octanol–water partition coefficient (Wildman–Crippen LogP) is 3.48. The molecule has 0 bridgehead atoms. The van der Waals surface area contributed by atoms with Gasteiger partial charge in [-0.25, -0.2) is 0 Å². The van der Waals surface area contributed by atoms with Crippen LogP contribution in [0.4, 0.5) is 0 Å². The van der Waals surface area contributed by atoms with Gasteiger partial charge in [0.1, 0.15) is 5.78 Å².